The molecule has 0 radical (unpaired) electrons. The summed E-state index contributed by atoms with van der Waals surface area (Å²) in [5, 5.41) is 52.4. The minimum Gasteiger partial charge on any atom is -0.508 e. The van der Waals surface area contributed by atoms with Crippen LogP contribution in [-0.4, -0.2) is 84.2 Å². The number of carbonyl (C=O) groups is 6. The molecule has 5 aliphatic rings. The van der Waals surface area contributed by atoms with E-state index < -0.39 is 56.9 Å². The fourth-order valence-corrected chi connectivity index (χ4v) is 21.6. The lowest BCUT2D eigenvalue weighted by atomic mass is 9.83. The van der Waals surface area contributed by atoms with E-state index in [0.717, 1.165) is 38.1 Å². The number of rotatable bonds is 14. The second kappa shape index (κ2) is 44.7. The molecule has 11 amide bonds. The number of aliphatic hydroxyl groups is 3. The monoisotopic (exact) mass is 2260 g/mol. The molecule has 4 atom stereocenters. The Labute approximate surface area is 931 Å². The van der Waals surface area contributed by atoms with Crippen LogP contribution in [0.5, 0.6) is 5.75 Å². The molecule has 0 bridgehead atoms. The number of anilines is 10. The Morgan fingerprint density at radius 2 is 0.487 bits per heavy atom. The van der Waals surface area contributed by atoms with Gasteiger partial charge in [-0.15, -0.1) is 0 Å². The number of amides is 11. The first-order chi connectivity index (χ1) is 70.9. The molecule has 4 unspecified atom stereocenters. The number of nitrogens with zero attached hydrogens (tertiary/aromatic N) is 10. The number of benzene rings is 15. The molecule has 5 saturated heterocycles. The van der Waals surface area contributed by atoms with Crippen LogP contribution in [0.25, 0.3) is 0 Å². The summed E-state index contributed by atoms with van der Waals surface area (Å²) in [4.78, 5) is 96.0. The van der Waals surface area contributed by atoms with Crippen molar-refractivity contribution in [3.05, 3.63) is 463 Å². The van der Waals surface area contributed by atoms with Gasteiger partial charge >= 0.3 is 30.2 Å². The minimum atomic E-state index is -1.80. The third-order valence-electron chi connectivity index (χ3n) is 27.2. The molecule has 5 aliphatic heterocycles. The summed E-state index contributed by atoms with van der Waals surface area (Å²) in [5.41, 5.74) is 3.68. The van der Waals surface area contributed by atoms with E-state index >= 15 is 0 Å². The van der Waals surface area contributed by atoms with Gasteiger partial charge in [-0.3, -0.25) is 48.9 Å². The first-order valence-electron chi connectivity index (χ1n) is 47.6. The van der Waals surface area contributed by atoms with Crippen molar-refractivity contribution in [1.29, 1.82) is 0 Å². The number of aromatic hydroxyl groups is 1. The number of imide groups is 1. The van der Waals surface area contributed by atoms with Crippen LogP contribution in [0.3, 0.4) is 0 Å². The van der Waals surface area contributed by atoms with E-state index in [-0.39, 0.29) is 35.8 Å². The van der Waals surface area contributed by atoms with Crippen molar-refractivity contribution in [2.45, 2.75) is 148 Å². The van der Waals surface area contributed by atoms with Gasteiger partial charge in [0.25, 0.3) is 5.91 Å². The largest absolute Gasteiger partial charge is 0.508 e. The molecule has 5 fully saturated rings. The number of aryl methyl sites for hydroxylation is 4. The van der Waals surface area contributed by atoms with E-state index in [1.165, 1.54) is 47.1 Å². The van der Waals surface area contributed by atoms with Gasteiger partial charge in [0.1, 0.15) is 11.3 Å². The lowest BCUT2D eigenvalue weighted by molar-refractivity contribution is -0.120. The van der Waals surface area contributed by atoms with Crippen LogP contribution < -0.4 is 49.0 Å². The number of phenols is 1. The van der Waals surface area contributed by atoms with Gasteiger partial charge in [-0.1, -0.05) is 251 Å². The Balaban J connectivity index is 0.000000138. The van der Waals surface area contributed by atoms with E-state index in [4.69, 9.17) is 116 Å². The van der Waals surface area contributed by atoms with Crippen LogP contribution in [0.4, 0.5) is 80.8 Å². The van der Waals surface area contributed by atoms with Crippen molar-refractivity contribution < 1.29 is 49.2 Å². The molecule has 15 aromatic carbocycles. The summed E-state index contributed by atoms with van der Waals surface area (Å²) in [6.45, 7) is 26.7. The average Bonchev–Trinajstić information content (AvgIpc) is 1.54. The summed E-state index contributed by atoms with van der Waals surface area (Å²) in [6, 6.07) is 106. The van der Waals surface area contributed by atoms with Crippen LogP contribution in [0.1, 0.15) is 120 Å². The fraction of sp³-hybridized carbons (Fsp3) is 0.193. The van der Waals surface area contributed by atoms with Gasteiger partial charge in [-0.05, 0) is 369 Å². The number of urea groups is 5. The van der Waals surface area contributed by atoms with Gasteiger partial charge < -0.3 is 20.4 Å². The second-order valence-electron chi connectivity index (χ2n) is 39.2. The lowest BCUT2D eigenvalue weighted by Gasteiger charge is -2.42. The number of hydrogen-bond acceptors (Lipinski definition) is 10. The van der Waals surface area contributed by atoms with Crippen LogP contribution in [0, 0.1) is 27.7 Å². The number of phenolic OH excluding ortho intramolecular Hbond substituents is 1. The minimum absolute atomic E-state index is 0.00910. The van der Waals surface area contributed by atoms with E-state index in [0.29, 0.717) is 112 Å². The third kappa shape index (κ3) is 21.9. The Bertz CT molecular complexity index is 7060. The number of carbonyl (C=O) groups excluding carboxylic acids is 6. The molecular weight excluding hydrogens is 2160 g/mol. The number of halogens is 11. The van der Waals surface area contributed by atoms with Gasteiger partial charge in [-0.2, -0.15) is 0 Å². The molecular formula is C119H107BrCl10N10O10. The van der Waals surface area contributed by atoms with Gasteiger partial charge in [-0.25, -0.2) is 28.9 Å². The predicted molar refractivity (Wildman–Crippen MR) is 617 cm³/mol. The molecule has 20 nitrogen and oxygen atoms in total. The maximum Gasteiger partial charge on any atom is 0.336 e. The zero-order valence-electron chi connectivity index (χ0n) is 84.1. The normalized spacial score (nSPS) is 19.1. The molecule has 0 aliphatic carbocycles. The van der Waals surface area contributed by atoms with Crippen molar-refractivity contribution in [2.75, 3.05) is 49.0 Å². The van der Waals surface area contributed by atoms with E-state index in [1.54, 1.807) is 244 Å². The van der Waals surface area contributed by atoms with Gasteiger partial charge in [0.2, 0.25) is 0 Å². The molecule has 20 rings (SSSR count). The Morgan fingerprint density at radius 3 is 0.760 bits per heavy atom. The second-order valence-corrected chi connectivity index (χ2v) is 44.5. The molecule has 31 heteroatoms. The summed E-state index contributed by atoms with van der Waals surface area (Å²) in [7, 11) is 0. The van der Waals surface area contributed by atoms with Crippen LogP contribution >= 0.6 is 132 Å². The van der Waals surface area contributed by atoms with Crippen LogP contribution in [0.15, 0.2) is 368 Å². The molecule has 4 N–H and O–H groups in total. The van der Waals surface area contributed by atoms with Gasteiger partial charge in [0, 0.05) is 123 Å². The predicted octanol–water partition coefficient (Wildman–Crippen LogP) is 33.3. The first-order valence-corrected chi connectivity index (χ1v) is 52.2. The number of hydrogen-bond donors (Lipinski definition) is 4. The van der Waals surface area contributed by atoms with E-state index in [2.05, 4.69) is 74.0 Å². The zero-order chi connectivity index (χ0) is 109. The maximum absolute atomic E-state index is 13.8. The van der Waals surface area contributed by atoms with Crippen molar-refractivity contribution in [1.82, 2.24) is 0 Å². The highest BCUT2D eigenvalue weighted by Gasteiger charge is 2.68. The van der Waals surface area contributed by atoms with Crippen LogP contribution in [0.2, 0.25) is 50.2 Å². The molecule has 770 valence electrons. The molecule has 5 heterocycles. The highest BCUT2D eigenvalue weighted by Crippen LogP contribution is 2.57. The summed E-state index contributed by atoms with van der Waals surface area (Å²) < 4.78 is 1.15. The first kappa shape index (κ1) is 112. The SMILES string of the molecule is CC1(C)C(=O)N(c2ccc(Cl)cc2)C(=O)N1c1ccc(Cl)cc1.CC1(C)N(c2ccc(Cl)cc2)C(=O)N(c2ccc(Cl)cc2)C1(O)c1cccc(O)c1.Cc1cccc(Br)c1.Cc1cccc(C2(O)N(c3ccc(Cl)cc3)C(=O)N(c3ccc(Cl)cc3)C2(C)C)c1.Cc1cccc(C2(O)N(c3ccc(Cl)cc3)C(=O)N(c3ccc(Cl)cc3)C2(C)C)c1.Cc1cccc(C2N(c3ccc(Cl)cc3)C(=O)N(c3ccc(Cl)cc3)C2(C)C)c1. The maximum atomic E-state index is 13.8. The molecule has 0 spiro atoms. The summed E-state index contributed by atoms with van der Waals surface area (Å²) >= 11 is 63.6. The highest BCUT2D eigenvalue weighted by atomic mass is 79.9. The molecule has 0 saturated carbocycles. The summed E-state index contributed by atoms with van der Waals surface area (Å²) in [6.07, 6.45) is 0. The van der Waals surface area contributed by atoms with Crippen molar-refractivity contribution in [3.63, 3.8) is 0 Å². The average molecular weight is 2270 g/mol. The summed E-state index contributed by atoms with van der Waals surface area (Å²) in [5.74, 6) is -0.301. The molecule has 150 heavy (non-hydrogen) atoms. The van der Waals surface area contributed by atoms with E-state index in [1.807, 2.05) is 167 Å². The zero-order valence-corrected chi connectivity index (χ0v) is 93.2. The smallest absolute Gasteiger partial charge is 0.336 e. The Morgan fingerprint density at radius 1 is 0.247 bits per heavy atom. The fourth-order valence-electron chi connectivity index (χ4n) is 19.8. The topological polar surface area (TPSA) is 216 Å². The standard InChI is InChI=1S/2C24H22Cl2N2O2.C24H22Cl2N2O.C23H20Cl2N2O3.C17H14Cl2N2O2.C7H7Br/c2*1-16-5-4-6-17(15-16)24(30)23(2,3)27(20-11-7-18(25)8-12-20)22(29)28(24)21-13-9-19(26)10-14-21;1-16-5-4-6-17(15-16)22-24(2,3)28(21-13-9-19(26)10-14-21)23(29)27(22)20-11-7-18(25)8-12-20;1-22(2)23(30,15-4-3-5-20(28)14-15)27(19-12-8-17(25)9-13-19)21(29)26(22)18-10-6-16(24)7-11-18;1-17(2)15(22)20(13-7-3-11(18)4-8-13)16(23)21(17)14-9-5-12(19)6-10-14;1-6-3-2-4-7(8)5-6/h2*4-15,30H,1-3H3;4-15,22H,1-3H3;3-14,28,30H,1-2H3;3-10H,1-2H3;2-5H,1H3. The van der Waals surface area contributed by atoms with Gasteiger partial charge in [0.05, 0.1) is 33.9 Å². The van der Waals surface area contributed by atoms with Crippen LogP contribution in [-0.2, 0) is 22.0 Å². The van der Waals surface area contributed by atoms with Crippen molar-refractivity contribution >= 4 is 225 Å². The van der Waals surface area contributed by atoms with E-state index in [9.17, 15) is 49.2 Å². The molecule has 0 aromatic heterocycles. The Kier molecular flexibility index (Phi) is 33.3. The quantitative estimate of drug-likeness (QED) is 0.0755. The molecule has 15 aromatic rings. The lowest BCUT2D eigenvalue weighted by Crippen LogP contribution is -2.56. The van der Waals surface area contributed by atoms with Gasteiger partial charge in [0.15, 0.2) is 17.2 Å². The third-order valence-corrected chi connectivity index (χ3v) is 30.2. The van der Waals surface area contributed by atoms with Crippen molar-refractivity contribution in [3.8, 4) is 5.75 Å². The Hall–Kier alpha value is -12.6. The van der Waals surface area contributed by atoms with Crippen molar-refractivity contribution in [2.24, 2.45) is 0 Å². The highest BCUT2D eigenvalue weighted by molar-refractivity contribution is 9.10.